The molecule has 0 aliphatic rings. The fraction of sp³-hybridized carbons (Fsp3) is 0. The molecule has 4 nitrogen and oxygen atoms in total. The van der Waals surface area contributed by atoms with Gasteiger partial charge in [0.25, 0.3) is 0 Å². The van der Waals surface area contributed by atoms with Gasteiger partial charge >= 0.3 is 0 Å². The summed E-state index contributed by atoms with van der Waals surface area (Å²) >= 11 is 0. The molecule has 258 valence electrons. The van der Waals surface area contributed by atoms with Crippen molar-refractivity contribution in [1.29, 1.82) is 0 Å². The Labute approximate surface area is 319 Å². The SMILES string of the molecule is c1ccc(-c2ccc(-c3ccc(-c4nc(-c5ccc(-c6ccccc6)cc5)nc(-c5cc(-c6ccccc6)c6c(c5)oc5ccccc56)n4)cc3)cc2)cc1. The van der Waals surface area contributed by atoms with Crippen molar-refractivity contribution in [1.82, 2.24) is 15.0 Å². The highest BCUT2D eigenvalue weighted by molar-refractivity contribution is 6.13. The van der Waals surface area contributed by atoms with Crippen LogP contribution in [0.4, 0.5) is 0 Å². The van der Waals surface area contributed by atoms with Crippen LogP contribution in [0, 0.1) is 0 Å². The Morgan fingerprint density at radius 1 is 0.273 bits per heavy atom. The van der Waals surface area contributed by atoms with Crippen molar-refractivity contribution in [3.05, 3.63) is 200 Å². The molecule has 10 aromatic rings. The van der Waals surface area contributed by atoms with Gasteiger partial charge in [0.15, 0.2) is 17.5 Å². The first-order valence-corrected chi connectivity index (χ1v) is 18.4. The highest BCUT2D eigenvalue weighted by Gasteiger charge is 2.19. The van der Waals surface area contributed by atoms with Crippen LogP contribution in [0.15, 0.2) is 205 Å². The summed E-state index contributed by atoms with van der Waals surface area (Å²) in [4.78, 5) is 15.4. The summed E-state index contributed by atoms with van der Waals surface area (Å²) in [5, 5.41) is 2.15. The molecule has 0 aliphatic heterocycles. The molecule has 55 heavy (non-hydrogen) atoms. The lowest BCUT2D eigenvalue weighted by Gasteiger charge is -2.11. The largest absolute Gasteiger partial charge is 0.456 e. The zero-order chi connectivity index (χ0) is 36.6. The summed E-state index contributed by atoms with van der Waals surface area (Å²) in [6.45, 7) is 0. The fourth-order valence-electron chi connectivity index (χ4n) is 7.33. The molecule has 0 unspecified atom stereocenters. The molecule has 0 amide bonds. The summed E-state index contributed by atoms with van der Waals surface area (Å²) in [7, 11) is 0. The Morgan fingerprint density at radius 2 is 0.636 bits per heavy atom. The van der Waals surface area contributed by atoms with Crippen molar-refractivity contribution < 1.29 is 4.42 Å². The van der Waals surface area contributed by atoms with E-state index < -0.39 is 0 Å². The van der Waals surface area contributed by atoms with E-state index in [1.165, 1.54) is 11.1 Å². The molecule has 2 aromatic heterocycles. The molecule has 10 rings (SSSR count). The Balaban J connectivity index is 1.09. The van der Waals surface area contributed by atoms with Gasteiger partial charge in [-0.25, -0.2) is 15.0 Å². The van der Waals surface area contributed by atoms with Crippen LogP contribution in [0.1, 0.15) is 0 Å². The van der Waals surface area contributed by atoms with E-state index in [1.807, 2.05) is 30.3 Å². The van der Waals surface area contributed by atoms with Crippen LogP contribution in [-0.2, 0) is 0 Å². The number of hydrogen-bond donors (Lipinski definition) is 0. The predicted molar refractivity (Wildman–Crippen MR) is 225 cm³/mol. The minimum Gasteiger partial charge on any atom is -0.456 e. The van der Waals surface area contributed by atoms with Crippen molar-refractivity contribution in [3.63, 3.8) is 0 Å². The minimum atomic E-state index is 0.576. The number of fused-ring (bicyclic) bond motifs is 3. The molecule has 0 N–H and O–H groups in total. The lowest BCUT2D eigenvalue weighted by molar-refractivity contribution is 0.669. The highest BCUT2D eigenvalue weighted by atomic mass is 16.3. The van der Waals surface area contributed by atoms with Crippen molar-refractivity contribution >= 4 is 21.9 Å². The van der Waals surface area contributed by atoms with Crippen LogP contribution in [0.2, 0.25) is 0 Å². The first kappa shape index (κ1) is 32.2. The molecule has 8 aromatic carbocycles. The Bertz CT molecular complexity index is 2920. The Morgan fingerprint density at radius 3 is 1.11 bits per heavy atom. The third-order valence-corrected chi connectivity index (χ3v) is 10.2. The number of hydrogen-bond acceptors (Lipinski definition) is 4. The molecule has 0 spiro atoms. The maximum Gasteiger partial charge on any atom is 0.164 e. The van der Waals surface area contributed by atoms with Gasteiger partial charge in [0.2, 0.25) is 0 Å². The summed E-state index contributed by atoms with van der Waals surface area (Å²) in [6.07, 6.45) is 0. The average molecular weight is 704 g/mol. The lowest BCUT2D eigenvalue weighted by Crippen LogP contribution is -2.00. The van der Waals surface area contributed by atoms with Crippen LogP contribution in [0.5, 0.6) is 0 Å². The summed E-state index contributed by atoms with van der Waals surface area (Å²) in [6, 6.07) is 69.3. The fourth-order valence-corrected chi connectivity index (χ4v) is 7.33. The molecule has 0 bridgehead atoms. The molecular formula is C51H33N3O. The zero-order valence-electron chi connectivity index (χ0n) is 29.8. The first-order chi connectivity index (χ1) is 27.2. The minimum absolute atomic E-state index is 0.576. The molecular weight excluding hydrogens is 671 g/mol. The second kappa shape index (κ2) is 13.8. The smallest absolute Gasteiger partial charge is 0.164 e. The lowest BCUT2D eigenvalue weighted by atomic mass is 9.96. The quantitative estimate of drug-likeness (QED) is 0.166. The van der Waals surface area contributed by atoms with Crippen LogP contribution in [0.25, 0.3) is 101 Å². The van der Waals surface area contributed by atoms with E-state index in [0.29, 0.717) is 17.5 Å². The molecule has 0 atom stereocenters. The topological polar surface area (TPSA) is 51.8 Å². The van der Waals surface area contributed by atoms with E-state index >= 15 is 0 Å². The van der Waals surface area contributed by atoms with E-state index in [0.717, 1.165) is 72.0 Å². The number of furan rings is 1. The van der Waals surface area contributed by atoms with Gasteiger partial charge in [0.1, 0.15) is 11.2 Å². The first-order valence-electron chi connectivity index (χ1n) is 18.4. The van der Waals surface area contributed by atoms with E-state index in [2.05, 4.69) is 170 Å². The molecule has 0 saturated heterocycles. The predicted octanol–water partition coefficient (Wildman–Crippen LogP) is 13.4. The molecule has 2 heterocycles. The monoisotopic (exact) mass is 703 g/mol. The van der Waals surface area contributed by atoms with Gasteiger partial charge in [-0.15, -0.1) is 0 Å². The van der Waals surface area contributed by atoms with Crippen molar-refractivity contribution in [3.8, 4) is 78.7 Å². The van der Waals surface area contributed by atoms with E-state index in [4.69, 9.17) is 19.4 Å². The maximum absolute atomic E-state index is 6.48. The Kier molecular flexibility index (Phi) is 8.12. The van der Waals surface area contributed by atoms with E-state index in [-0.39, 0.29) is 0 Å². The van der Waals surface area contributed by atoms with Crippen LogP contribution >= 0.6 is 0 Å². The second-order valence-corrected chi connectivity index (χ2v) is 13.6. The standard InChI is InChI=1S/C51H33N3O/c1-4-12-34(13-5-1)36-20-22-38(23-21-36)39-26-30-42(31-27-39)50-52-49(41-28-24-37(25-29-41)35-14-6-2-7-15-35)53-51(54-50)43-32-45(40-16-8-3-9-17-40)48-44-18-10-11-19-46(44)55-47(48)33-43/h1-33H. The second-order valence-electron chi connectivity index (χ2n) is 13.6. The van der Waals surface area contributed by atoms with Crippen LogP contribution < -0.4 is 0 Å². The highest BCUT2D eigenvalue weighted by Crippen LogP contribution is 2.40. The number of benzene rings is 8. The van der Waals surface area contributed by atoms with Gasteiger partial charge in [0, 0.05) is 27.5 Å². The van der Waals surface area contributed by atoms with Crippen molar-refractivity contribution in [2.24, 2.45) is 0 Å². The van der Waals surface area contributed by atoms with Crippen LogP contribution in [-0.4, -0.2) is 15.0 Å². The van der Waals surface area contributed by atoms with Gasteiger partial charge in [-0.05, 0) is 62.7 Å². The van der Waals surface area contributed by atoms with Gasteiger partial charge in [-0.2, -0.15) is 0 Å². The number of para-hydroxylation sites is 1. The summed E-state index contributed by atoms with van der Waals surface area (Å²) < 4.78 is 6.48. The molecule has 0 saturated carbocycles. The van der Waals surface area contributed by atoms with Crippen molar-refractivity contribution in [2.75, 3.05) is 0 Å². The average Bonchev–Trinajstić information content (AvgIpc) is 3.66. The van der Waals surface area contributed by atoms with Gasteiger partial charge in [-0.3, -0.25) is 0 Å². The summed E-state index contributed by atoms with van der Waals surface area (Å²) in [5.74, 6) is 1.78. The molecule has 0 aliphatic carbocycles. The summed E-state index contributed by atoms with van der Waals surface area (Å²) in [5.41, 5.74) is 13.4. The number of nitrogens with zero attached hydrogens (tertiary/aromatic N) is 3. The van der Waals surface area contributed by atoms with Crippen molar-refractivity contribution in [2.45, 2.75) is 0 Å². The normalized spacial score (nSPS) is 11.3. The van der Waals surface area contributed by atoms with E-state index in [9.17, 15) is 0 Å². The number of aromatic nitrogens is 3. The number of rotatable bonds is 7. The molecule has 0 radical (unpaired) electrons. The van der Waals surface area contributed by atoms with Gasteiger partial charge in [0.05, 0.1) is 0 Å². The van der Waals surface area contributed by atoms with Gasteiger partial charge < -0.3 is 4.42 Å². The van der Waals surface area contributed by atoms with Crippen LogP contribution in [0.3, 0.4) is 0 Å². The Hall–Kier alpha value is -7.43. The molecule has 0 fully saturated rings. The van der Waals surface area contributed by atoms with Gasteiger partial charge in [-0.1, -0.05) is 182 Å². The third-order valence-electron chi connectivity index (χ3n) is 10.2. The molecule has 4 heteroatoms. The maximum atomic E-state index is 6.48. The van der Waals surface area contributed by atoms with E-state index in [1.54, 1.807) is 0 Å². The third kappa shape index (κ3) is 6.26. The zero-order valence-corrected chi connectivity index (χ0v) is 29.8.